The predicted octanol–water partition coefficient (Wildman–Crippen LogP) is 3.38. The lowest BCUT2D eigenvalue weighted by atomic mass is 9.90. The highest BCUT2D eigenvalue weighted by Crippen LogP contribution is 2.40. The van der Waals surface area contributed by atoms with Crippen LogP contribution in [0.15, 0.2) is 61.3 Å². The van der Waals surface area contributed by atoms with Crippen LogP contribution in [0.25, 0.3) is 0 Å². The van der Waals surface area contributed by atoms with Crippen molar-refractivity contribution < 1.29 is 19.1 Å². The summed E-state index contributed by atoms with van der Waals surface area (Å²) >= 11 is 0. The van der Waals surface area contributed by atoms with Crippen LogP contribution in [0.3, 0.4) is 0 Å². The largest absolute Gasteiger partial charge is 0.493 e. The normalized spacial score (nSPS) is 14.6. The lowest BCUT2D eigenvalue weighted by Gasteiger charge is -2.27. The Morgan fingerprint density at radius 3 is 2.49 bits per heavy atom. The third-order valence-electron chi connectivity index (χ3n) is 6.84. The lowest BCUT2D eigenvalue weighted by Crippen LogP contribution is -2.47. The van der Waals surface area contributed by atoms with Gasteiger partial charge in [0.1, 0.15) is 16.9 Å². The average Bonchev–Trinajstić information content (AvgIpc) is 3.01. The molecular weight excluding hydrogens is 496 g/mol. The van der Waals surface area contributed by atoms with Crippen molar-refractivity contribution in [2.45, 2.75) is 33.6 Å². The van der Waals surface area contributed by atoms with Gasteiger partial charge in [0.05, 0.1) is 24.2 Å². The highest BCUT2D eigenvalue weighted by atomic mass is 16.5. The van der Waals surface area contributed by atoms with Gasteiger partial charge >= 0.3 is 0 Å². The summed E-state index contributed by atoms with van der Waals surface area (Å²) in [5.74, 6) is -0.107. The van der Waals surface area contributed by atoms with Crippen LogP contribution in [0.4, 0.5) is 11.4 Å². The maximum atomic E-state index is 13.1. The van der Waals surface area contributed by atoms with Gasteiger partial charge in [0.2, 0.25) is 11.8 Å². The molecule has 204 valence electrons. The van der Waals surface area contributed by atoms with Gasteiger partial charge in [-0.15, -0.1) is 0 Å². The number of ether oxygens (including phenoxy) is 1. The maximum absolute atomic E-state index is 13.1. The molecule has 0 spiro atoms. The predicted molar refractivity (Wildman–Crippen MR) is 148 cm³/mol. The Bertz CT molecular complexity index is 1320. The third kappa shape index (κ3) is 6.05. The Hall–Kier alpha value is -4.34. The molecule has 0 radical (unpaired) electrons. The number of benzene rings is 1. The molecular formula is C29H34N6O4. The van der Waals surface area contributed by atoms with Gasteiger partial charge in [-0.2, -0.15) is 0 Å². The van der Waals surface area contributed by atoms with Gasteiger partial charge in [-0.25, -0.2) is 4.98 Å². The standard InChI is InChI=1S/C29H34N6O4/c1-5-35-24-10-9-22(18-25(24)33(4)27(37)29(2,3)28(35)38)39-17-7-15-34(16-11-21-8-6-12-30-19-21)26(36)23-20-31-13-14-32-23/h6,8-10,12-14,18-20H,5,7,11,15-17H2,1-4H3. The zero-order chi connectivity index (χ0) is 28.0. The molecule has 39 heavy (non-hydrogen) atoms. The van der Waals surface area contributed by atoms with Crippen LogP contribution in [-0.4, -0.2) is 70.9 Å². The molecule has 0 aliphatic carbocycles. The molecule has 10 nitrogen and oxygen atoms in total. The lowest BCUT2D eigenvalue weighted by molar-refractivity contribution is -0.137. The second-order valence-electron chi connectivity index (χ2n) is 9.89. The number of pyridine rings is 1. The summed E-state index contributed by atoms with van der Waals surface area (Å²) in [4.78, 5) is 56.5. The minimum atomic E-state index is -1.17. The number of carbonyl (C=O) groups is 3. The number of amides is 3. The molecule has 4 rings (SSSR count). The number of rotatable bonds is 10. The van der Waals surface area contributed by atoms with Crippen molar-refractivity contribution in [1.82, 2.24) is 19.9 Å². The molecule has 3 aromatic rings. The number of carbonyl (C=O) groups excluding carboxylic acids is 3. The summed E-state index contributed by atoms with van der Waals surface area (Å²) in [6.07, 6.45) is 9.26. The van der Waals surface area contributed by atoms with E-state index in [-0.39, 0.29) is 17.7 Å². The van der Waals surface area contributed by atoms with E-state index < -0.39 is 5.41 Å². The van der Waals surface area contributed by atoms with Crippen LogP contribution in [0.5, 0.6) is 5.75 Å². The highest BCUT2D eigenvalue weighted by molar-refractivity contribution is 6.20. The SMILES string of the molecule is CCN1C(=O)C(C)(C)C(=O)N(C)c2cc(OCCCN(CCc3cccnc3)C(=O)c3cnccn3)ccc21. The van der Waals surface area contributed by atoms with Crippen molar-refractivity contribution in [3.63, 3.8) is 0 Å². The number of anilines is 2. The van der Waals surface area contributed by atoms with E-state index in [0.29, 0.717) is 61.9 Å². The first-order valence-corrected chi connectivity index (χ1v) is 13.0. The minimum Gasteiger partial charge on any atom is -0.493 e. The number of hydrogen-bond acceptors (Lipinski definition) is 7. The van der Waals surface area contributed by atoms with Crippen molar-refractivity contribution in [1.29, 1.82) is 0 Å². The summed E-state index contributed by atoms with van der Waals surface area (Å²) in [6.45, 7) is 6.97. The Kier molecular flexibility index (Phi) is 8.53. The van der Waals surface area contributed by atoms with Gasteiger partial charge in [-0.05, 0) is 57.4 Å². The molecule has 0 saturated carbocycles. The van der Waals surface area contributed by atoms with Crippen LogP contribution in [0.1, 0.15) is 43.2 Å². The third-order valence-corrected chi connectivity index (χ3v) is 6.84. The van der Waals surface area contributed by atoms with Crippen molar-refractivity contribution in [2.24, 2.45) is 5.41 Å². The van der Waals surface area contributed by atoms with Gasteiger partial charge in [-0.3, -0.25) is 24.4 Å². The Balaban J connectivity index is 1.43. The van der Waals surface area contributed by atoms with Crippen molar-refractivity contribution in [3.05, 3.63) is 72.6 Å². The molecule has 0 saturated heterocycles. The maximum Gasteiger partial charge on any atom is 0.274 e. The van der Waals surface area contributed by atoms with Crippen LogP contribution in [0.2, 0.25) is 0 Å². The van der Waals surface area contributed by atoms with Gasteiger partial charge < -0.3 is 19.4 Å². The van der Waals surface area contributed by atoms with Gasteiger partial charge in [0.25, 0.3) is 5.91 Å². The monoisotopic (exact) mass is 530 g/mol. The van der Waals surface area contributed by atoms with Crippen molar-refractivity contribution >= 4 is 29.1 Å². The molecule has 1 aliphatic heterocycles. The molecule has 0 unspecified atom stereocenters. The van der Waals surface area contributed by atoms with Crippen LogP contribution in [0, 0.1) is 5.41 Å². The Labute approximate surface area is 228 Å². The van der Waals surface area contributed by atoms with Crippen molar-refractivity contribution in [3.8, 4) is 5.75 Å². The number of nitrogens with zero attached hydrogens (tertiary/aromatic N) is 6. The number of hydrogen-bond donors (Lipinski definition) is 0. The quantitative estimate of drug-likeness (QED) is 0.292. The average molecular weight is 531 g/mol. The molecule has 0 atom stereocenters. The minimum absolute atomic E-state index is 0.191. The molecule has 10 heteroatoms. The number of aromatic nitrogens is 3. The van der Waals surface area contributed by atoms with E-state index in [1.165, 1.54) is 23.5 Å². The topological polar surface area (TPSA) is 109 Å². The summed E-state index contributed by atoms with van der Waals surface area (Å²) in [6, 6.07) is 9.26. The zero-order valence-electron chi connectivity index (χ0n) is 22.8. The van der Waals surface area contributed by atoms with E-state index in [2.05, 4.69) is 15.0 Å². The van der Waals surface area contributed by atoms with E-state index in [4.69, 9.17) is 4.74 Å². The molecule has 2 aromatic heterocycles. The van der Waals surface area contributed by atoms with Gasteiger partial charge in [0.15, 0.2) is 0 Å². The van der Waals surface area contributed by atoms with Crippen molar-refractivity contribution in [2.75, 3.05) is 43.1 Å². The Morgan fingerprint density at radius 2 is 1.79 bits per heavy atom. The first-order valence-electron chi connectivity index (χ1n) is 13.0. The van der Waals surface area contributed by atoms with E-state index in [1.807, 2.05) is 25.1 Å². The first kappa shape index (κ1) is 27.7. The van der Waals surface area contributed by atoms with Crippen LogP contribution < -0.4 is 14.5 Å². The van der Waals surface area contributed by atoms with E-state index >= 15 is 0 Å². The molecule has 0 fully saturated rings. The highest BCUT2D eigenvalue weighted by Gasteiger charge is 2.45. The molecule has 3 heterocycles. The summed E-state index contributed by atoms with van der Waals surface area (Å²) in [5, 5.41) is 0. The molecule has 3 amide bonds. The van der Waals surface area contributed by atoms with Crippen LogP contribution >= 0.6 is 0 Å². The fourth-order valence-corrected chi connectivity index (χ4v) is 4.61. The zero-order valence-corrected chi connectivity index (χ0v) is 22.8. The molecule has 0 N–H and O–H groups in total. The van der Waals surface area contributed by atoms with E-state index in [1.54, 1.807) is 55.2 Å². The van der Waals surface area contributed by atoms with E-state index in [9.17, 15) is 14.4 Å². The fourth-order valence-electron chi connectivity index (χ4n) is 4.61. The molecule has 1 aromatic carbocycles. The smallest absolute Gasteiger partial charge is 0.274 e. The second-order valence-corrected chi connectivity index (χ2v) is 9.89. The van der Waals surface area contributed by atoms with Gasteiger partial charge in [0, 0.05) is 57.5 Å². The van der Waals surface area contributed by atoms with Gasteiger partial charge in [-0.1, -0.05) is 6.07 Å². The summed E-state index contributed by atoms with van der Waals surface area (Å²) in [7, 11) is 1.68. The molecule has 0 bridgehead atoms. The fraction of sp³-hybridized carbons (Fsp3) is 0.379. The second kappa shape index (κ2) is 12.0. The number of fused-ring (bicyclic) bond motifs is 1. The van der Waals surface area contributed by atoms with Crippen LogP contribution in [-0.2, 0) is 16.0 Å². The summed E-state index contributed by atoms with van der Waals surface area (Å²) in [5.41, 5.74) is 1.46. The summed E-state index contributed by atoms with van der Waals surface area (Å²) < 4.78 is 6.03. The Morgan fingerprint density at radius 1 is 1.00 bits per heavy atom. The van der Waals surface area contributed by atoms with E-state index in [0.717, 1.165) is 5.56 Å². The first-order chi connectivity index (χ1) is 18.7. The molecule has 1 aliphatic rings.